The molecule has 2 rings (SSSR count). The molecule has 1 N–H and O–H groups in total. The maximum atomic E-state index is 13.1. The Morgan fingerprint density at radius 3 is 2.29 bits per heavy atom. The number of carbonyl (C=O) groups is 1. The van der Waals surface area contributed by atoms with Crippen LogP contribution < -0.4 is 0 Å². The molecular weight excluding hydrogens is 336 g/mol. The lowest BCUT2D eigenvalue weighted by Gasteiger charge is -2.36. The van der Waals surface area contributed by atoms with Crippen LogP contribution >= 0.6 is 0 Å². The average Bonchev–Trinajstić information content (AvgIpc) is 2.45. The molecule has 1 aromatic carbocycles. The summed E-state index contributed by atoms with van der Waals surface area (Å²) in [6.45, 7) is 4.67. The Morgan fingerprint density at radius 1 is 1.29 bits per heavy atom. The summed E-state index contributed by atoms with van der Waals surface area (Å²) in [5, 5.41) is 20.1. The summed E-state index contributed by atoms with van der Waals surface area (Å²) in [6, 6.07) is 2.13. The van der Waals surface area contributed by atoms with Gasteiger partial charge in [0.05, 0.1) is 15.7 Å². The van der Waals surface area contributed by atoms with Crippen molar-refractivity contribution in [2.24, 2.45) is 5.92 Å². The lowest BCUT2D eigenvalue weighted by atomic mass is 9.96. The SMILES string of the molecule is Cc1cc([N+](=O)[O-])cc(C)c1S(=O)(=O)N1CC(C(=O)O)CCC1C. The number of sulfonamides is 1. The number of carboxylic acid groups (broad SMARTS) is 1. The van der Waals surface area contributed by atoms with Gasteiger partial charge in [-0.05, 0) is 44.7 Å². The highest BCUT2D eigenvalue weighted by Gasteiger charge is 2.38. The molecule has 9 heteroatoms. The molecule has 1 saturated heterocycles. The van der Waals surface area contributed by atoms with Crippen LogP contribution in [0.15, 0.2) is 17.0 Å². The van der Waals surface area contributed by atoms with Crippen molar-refractivity contribution in [3.8, 4) is 0 Å². The Kier molecular flexibility index (Phi) is 4.95. The molecule has 8 nitrogen and oxygen atoms in total. The molecule has 132 valence electrons. The number of aryl methyl sites for hydroxylation is 2. The van der Waals surface area contributed by atoms with Gasteiger partial charge < -0.3 is 5.11 Å². The highest BCUT2D eigenvalue weighted by molar-refractivity contribution is 7.89. The molecule has 1 fully saturated rings. The molecule has 0 aliphatic carbocycles. The molecule has 0 spiro atoms. The normalized spacial score (nSPS) is 22.3. The molecule has 1 aliphatic heterocycles. The van der Waals surface area contributed by atoms with Gasteiger partial charge in [0.1, 0.15) is 0 Å². The third-order valence-corrected chi connectivity index (χ3v) is 6.68. The zero-order valence-electron chi connectivity index (χ0n) is 13.7. The van der Waals surface area contributed by atoms with Crippen molar-refractivity contribution in [2.75, 3.05) is 6.54 Å². The van der Waals surface area contributed by atoms with Crippen molar-refractivity contribution in [1.29, 1.82) is 0 Å². The van der Waals surface area contributed by atoms with E-state index in [1.54, 1.807) is 6.92 Å². The molecule has 0 amide bonds. The first kappa shape index (κ1) is 18.3. The molecule has 0 aromatic heterocycles. The Bertz CT molecular complexity index is 766. The molecule has 24 heavy (non-hydrogen) atoms. The number of aliphatic carboxylic acids is 1. The number of hydrogen-bond donors (Lipinski definition) is 1. The van der Waals surface area contributed by atoms with E-state index in [0.29, 0.717) is 12.8 Å². The lowest BCUT2D eigenvalue weighted by molar-refractivity contribution is -0.385. The number of rotatable bonds is 4. The number of carboxylic acids is 1. The minimum absolute atomic E-state index is 0.0194. The van der Waals surface area contributed by atoms with E-state index in [-0.39, 0.29) is 34.3 Å². The van der Waals surface area contributed by atoms with Crippen LogP contribution in [0.5, 0.6) is 0 Å². The van der Waals surface area contributed by atoms with Crippen LogP contribution in [0, 0.1) is 29.9 Å². The minimum atomic E-state index is -3.93. The number of benzene rings is 1. The predicted octanol–water partition coefficient (Wildman–Crippen LogP) is 2.09. The van der Waals surface area contributed by atoms with E-state index >= 15 is 0 Å². The summed E-state index contributed by atoms with van der Waals surface area (Å²) in [5.74, 6) is -1.76. The lowest BCUT2D eigenvalue weighted by Crippen LogP contribution is -2.47. The fourth-order valence-corrected chi connectivity index (χ4v) is 5.29. The summed E-state index contributed by atoms with van der Waals surface area (Å²) in [6.07, 6.45) is 0.891. The molecule has 0 saturated carbocycles. The number of non-ortho nitro benzene ring substituents is 1. The van der Waals surface area contributed by atoms with Crippen molar-refractivity contribution < 1.29 is 23.2 Å². The number of nitrogens with zero attached hydrogens (tertiary/aromatic N) is 2. The maximum absolute atomic E-state index is 13.1. The van der Waals surface area contributed by atoms with Gasteiger partial charge in [0.25, 0.3) is 5.69 Å². The molecule has 1 heterocycles. The van der Waals surface area contributed by atoms with Crippen molar-refractivity contribution in [1.82, 2.24) is 4.31 Å². The van der Waals surface area contributed by atoms with Gasteiger partial charge in [-0.15, -0.1) is 0 Å². The van der Waals surface area contributed by atoms with Gasteiger partial charge in [0.15, 0.2) is 0 Å². The van der Waals surface area contributed by atoms with Crippen LogP contribution in [-0.2, 0) is 14.8 Å². The Labute approximate surface area is 140 Å². The number of hydrogen-bond acceptors (Lipinski definition) is 5. The Balaban J connectivity index is 2.50. The van der Waals surface area contributed by atoms with Gasteiger partial charge in [-0.25, -0.2) is 8.42 Å². The highest BCUT2D eigenvalue weighted by Crippen LogP contribution is 2.33. The smallest absolute Gasteiger partial charge is 0.307 e. The summed E-state index contributed by atoms with van der Waals surface area (Å²) in [5.41, 5.74) is 0.400. The van der Waals surface area contributed by atoms with E-state index < -0.39 is 26.8 Å². The third-order valence-electron chi connectivity index (χ3n) is 4.40. The van der Waals surface area contributed by atoms with E-state index in [0.717, 1.165) is 0 Å². The summed E-state index contributed by atoms with van der Waals surface area (Å²) in [7, 11) is -3.93. The summed E-state index contributed by atoms with van der Waals surface area (Å²) >= 11 is 0. The zero-order valence-corrected chi connectivity index (χ0v) is 14.5. The van der Waals surface area contributed by atoms with Crippen LogP contribution in [0.2, 0.25) is 0 Å². The first-order valence-electron chi connectivity index (χ1n) is 7.56. The van der Waals surface area contributed by atoms with E-state index in [2.05, 4.69) is 0 Å². The van der Waals surface area contributed by atoms with Crippen LogP contribution in [0.1, 0.15) is 30.9 Å². The Morgan fingerprint density at radius 2 is 1.83 bits per heavy atom. The molecule has 0 bridgehead atoms. The van der Waals surface area contributed by atoms with Gasteiger partial charge in [-0.2, -0.15) is 4.31 Å². The van der Waals surface area contributed by atoms with Gasteiger partial charge in [-0.3, -0.25) is 14.9 Å². The van der Waals surface area contributed by atoms with Crippen molar-refractivity contribution >= 4 is 21.7 Å². The molecule has 1 aliphatic rings. The largest absolute Gasteiger partial charge is 0.481 e. The fraction of sp³-hybridized carbons (Fsp3) is 0.533. The van der Waals surface area contributed by atoms with Gasteiger partial charge in [0.2, 0.25) is 10.0 Å². The molecular formula is C15H20N2O6S. The van der Waals surface area contributed by atoms with Crippen molar-refractivity contribution in [2.45, 2.75) is 44.6 Å². The topological polar surface area (TPSA) is 118 Å². The Hall–Kier alpha value is -2.00. The second-order valence-corrected chi connectivity index (χ2v) is 8.03. The number of piperidine rings is 1. The second-order valence-electron chi connectivity index (χ2n) is 6.20. The molecule has 0 radical (unpaired) electrons. The highest BCUT2D eigenvalue weighted by atomic mass is 32.2. The quantitative estimate of drug-likeness (QED) is 0.652. The van der Waals surface area contributed by atoms with E-state index in [9.17, 15) is 28.4 Å². The number of nitro groups is 1. The standard InChI is InChI=1S/C15H20N2O6S/c1-9-6-13(17(20)21)7-10(2)14(9)24(22,23)16-8-12(15(18)19)5-4-11(16)3/h6-7,11-12H,4-5,8H2,1-3H3,(H,18,19). The molecule has 2 unspecified atom stereocenters. The van der Waals surface area contributed by atoms with Crippen LogP contribution in [0.4, 0.5) is 5.69 Å². The second kappa shape index (κ2) is 6.48. The van der Waals surface area contributed by atoms with Gasteiger partial charge in [0, 0.05) is 24.7 Å². The van der Waals surface area contributed by atoms with Crippen molar-refractivity contribution in [3.63, 3.8) is 0 Å². The minimum Gasteiger partial charge on any atom is -0.481 e. The summed E-state index contributed by atoms with van der Waals surface area (Å²) < 4.78 is 27.3. The van der Waals surface area contributed by atoms with Crippen LogP contribution in [0.3, 0.4) is 0 Å². The van der Waals surface area contributed by atoms with Gasteiger partial charge >= 0.3 is 5.97 Å². The first-order valence-corrected chi connectivity index (χ1v) is 9.00. The molecule has 2 atom stereocenters. The maximum Gasteiger partial charge on any atom is 0.307 e. The monoisotopic (exact) mass is 356 g/mol. The zero-order chi connectivity index (χ0) is 18.2. The van der Waals surface area contributed by atoms with E-state index in [1.807, 2.05) is 0 Å². The van der Waals surface area contributed by atoms with Crippen LogP contribution in [0.25, 0.3) is 0 Å². The fourth-order valence-electron chi connectivity index (χ4n) is 3.17. The number of nitro benzene ring substituents is 1. The van der Waals surface area contributed by atoms with Crippen molar-refractivity contribution in [3.05, 3.63) is 33.4 Å². The third kappa shape index (κ3) is 3.27. The molecule has 1 aromatic rings. The van der Waals surface area contributed by atoms with E-state index in [1.165, 1.54) is 30.3 Å². The average molecular weight is 356 g/mol. The first-order chi connectivity index (χ1) is 11.1. The van der Waals surface area contributed by atoms with Gasteiger partial charge in [-0.1, -0.05) is 0 Å². The predicted molar refractivity (Wildman–Crippen MR) is 86.3 cm³/mol. The van der Waals surface area contributed by atoms with E-state index in [4.69, 9.17) is 0 Å². The van der Waals surface area contributed by atoms with Crippen LogP contribution in [-0.4, -0.2) is 41.3 Å². The summed E-state index contributed by atoms with van der Waals surface area (Å²) in [4.78, 5) is 21.6.